The maximum atomic E-state index is 12.5. The van der Waals surface area contributed by atoms with Crippen molar-refractivity contribution in [3.8, 4) is 0 Å². The summed E-state index contributed by atoms with van der Waals surface area (Å²) in [6.07, 6.45) is 0. The predicted octanol–water partition coefficient (Wildman–Crippen LogP) is 0.670. The number of rotatable bonds is 3. The van der Waals surface area contributed by atoms with Crippen LogP contribution in [-0.2, 0) is 14.4 Å². The van der Waals surface area contributed by atoms with Crippen molar-refractivity contribution in [2.75, 3.05) is 26.2 Å². The van der Waals surface area contributed by atoms with E-state index in [0.717, 1.165) is 0 Å². The van der Waals surface area contributed by atoms with Crippen LogP contribution in [0, 0.1) is 23.2 Å². The first-order valence-electron chi connectivity index (χ1n) is 7.48. The Morgan fingerprint density at radius 1 is 1.00 bits per heavy atom. The van der Waals surface area contributed by atoms with Gasteiger partial charge in [-0.25, -0.2) is 0 Å². The molecule has 2 rings (SSSR count). The molecule has 0 radical (unpaired) electrons. The molecule has 0 aromatic carbocycles. The van der Waals surface area contributed by atoms with Gasteiger partial charge in [-0.3, -0.25) is 14.4 Å². The number of nitrogens with zero attached hydrogens (tertiary/aromatic N) is 2. The lowest BCUT2D eigenvalue weighted by atomic mass is 10.1. The Hall–Kier alpha value is -1.59. The van der Waals surface area contributed by atoms with Gasteiger partial charge in [0.15, 0.2) is 0 Å². The summed E-state index contributed by atoms with van der Waals surface area (Å²) in [4.78, 5) is 39.0. The fourth-order valence-corrected chi connectivity index (χ4v) is 3.27. The molecule has 118 valence electrons. The van der Waals surface area contributed by atoms with Crippen LogP contribution in [0.4, 0.5) is 0 Å². The number of carboxylic acid groups (broad SMARTS) is 1. The van der Waals surface area contributed by atoms with Crippen molar-refractivity contribution in [2.24, 2.45) is 23.2 Å². The van der Waals surface area contributed by atoms with Crippen molar-refractivity contribution in [1.29, 1.82) is 0 Å². The Balaban J connectivity index is 1.93. The van der Waals surface area contributed by atoms with E-state index in [1.54, 1.807) is 9.80 Å². The summed E-state index contributed by atoms with van der Waals surface area (Å²) < 4.78 is 0. The molecular weight excluding hydrogens is 272 g/mol. The van der Waals surface area contributed by atoms with E-state index < -0.39 is 23.2 Å². The van der Waals surface area contributed by atoms with Crippen LogP contribution in [0.2, 0.25) is 0 Å². The van der Waals surface area contributed by atoms with Crippen LogP contribution in [0.15, 0.2) is 0 Å². The number of hydrogen-bond donors (Lipinski definition) is 1. The van der Waals surface area contributed by atoms with Crippen molar-refractivity contribution in [1.82, 2.24) is 9.80 Å². The van der Waals surface area contributed by atoms with Gasteiger partial charge in [-0.15, -0.1) is 0 Å². The van der Waals surface area contributed by atoms with E-state index in [-0.39, 0.29) is 17.7 Å². The molecule has 6 nitrogen and oxygen atoms in total. The van der Waals surface area contributed by atoms with E-state index >= 15 is 0 Å². The summed E-state index contributed by atoms with van der Waals surface area (Å²) in [5, 5.41) is 9.16. The van der Waals surface area contributed by atoms with Gasteiger partial charge < -0.3 is 14.9 Å². The minimum Gasteiger partial charge on any atom is -0.481 e. The molecule has 1 aliphatic heterocycles. The lowest BCUT2D eigenvalue weighted by molar-refractivity contribution is -0.144. The van der Waals surface area contributed by atoms with Gasteiger partial charge in [-0.1, -0.05) is 27.7 Å². The summed E-state index contributed by atoms with van der Waals surface area (Å²) in [6.45, 7) is 9.45. The Labute approximate surface area is 125 Å². The van der Waals surface area contributed by atoms with E-state index in [2.05, 4.69) is 0 Å². The maximum absolute atomic E-state index is 12.5. The Kier molecular flexibility index (Phi) is 4.00. The molecule has 1 saturated carbocycles. The van der Waals surface area contributed by atoms with Crippen molar-refractivity contribution in [2.45, 2.75) is 27.7 Å². The Morgan fingerprint density at radius 2 is 1.48 bits per heavy atom. The highest BCUT2D eigenvalue weighted by molar-refractivity contribution is 5.91. The lowest BCUT2D eigenvalue weighted by Gasteiger charge is -2.36. The van der Waals surface area contributed by atoms with E-state index in [4.69, 9.17) is 5.11 Å². The average Bonchev–Trinajstić information content (AvgIpc) is 3.00. The average molecular weight is 296 g/mol. The van der Waals surface area contributed by atoms with Gasteiger partial charge in [0.1, 0.15) is 0 Å². The molecule has 21 heavy (non-hydrogen) atoms. The molecule has 2 amide bonds. The second-order valence-electron chi connectivity index (χ2n) is 6.92. The highest BCUT2D eigenvalue weighted by Crippen LogP contribution is 2.59. The Bertz CT molecular complexity index is 464. The number of piperazine rings is 1. The topological polar surface area (TPSA) is 77.9 Å². The molecule has 2 aliphatic rings. The summed E-state index contributed by atoms with van der Waals surface area (Å²) >= 11 is 0. The number of carbonyl (C=O) groups is 3. The van der Waals surface area contributed by atoms with Crippen LogP contribution in [0.5, 0.6) is 0 Å². The number of aliphatic carboxylic acids is 1. The largest absolute Gasteiger partial charge is 0.481 e. The molecule has 1 aliphatic carbocycles. The normalized spacial score (nSPS) is 27.7. The molecule has 0 spiro atoms. The third kappa shape index (κ3) is 2.76. The summed E-state index contributed by atoms with van der Waals surface area (Å²) in [5.41, 5.74) is -0.464. The highest BCUT2D eigenvalue weighted by Gasteiger charge is 2.66. The van der Waals surface area contributed by atoms with Gasteiger partial charge in [0.05, 0.1) is 11.8 Å². The third-order valence-corrected chi connectivity index (χ3v) is 4.76. The van der Waals surface area contributed by atoms with Gasteiger partial charge >= 0.3 is 5.97 Å². The van der Waals surface area contributed by atoms with Crippen molar-refractivity contribution < 1.29 is 19.5 Å². The van der Waals surface area contributed by atoms with Gasteiger partial charge in [0.25, 0.3) is 0 Å². The van der Waals surface area contributed by atoms with Crippen LogP contribution in [-0.4, -0.2) is 58.9 Å². The summed E-state index contributed by atoms with van der Waals surface area (Å²) in [7, 11) is 0. The van der Waals surface area contributed by atoms with Gasteiger partial charge in [0, 0.05) is 32.1 Å². The summed E-state index contributed by atoms with van der Waals surface area (Å²) in [5.74, 6) is -1.91. The third-order valence-electron chi connectivity index (χ3n) is 4.76. The number of hydrogen-bond acceptors (Lipinski definition) is 3. The van der Waals surface area contributed by atoms with Gasteiger partial charge in [0.2, 0.25) is 11.8 Å². The van der Waals surface area contributed by atoms with E-state index in [9.17, 15) is 14.4 Å². The SMILES string of the molecule is CC(C)C(=O)N1CCN(C(=O)[C@H]2[C@@H](C(=O)O)C2(C)C)CC1. The van der Waals surface area contributed by atoms with Gasteiger partial charge in [-0.2, -0.15) is 0 Å². The quantitative estimate of drug-likeness (QED) is 0.830. The number of carboxylic acids is 1. The molecule has 1 heterocycles. The van der Waals surface area contributed by atoms with Crippen molar-refractivity contribution in [3.05, 3.63) is 0 Å². The van der Waals surface area contributed by atoms with Crippen molar-refractivity contribution in [3.63, 3.8) is 0 Å². The zero-order valence-electron chi connectivity index (χ0n) is 13.1. The molecule has 0 aromatic heterocycles. The lowest BCUT2D eigenvalue weighted by Crippen LogP contribution is -2.52. The van der Waals surface area contributed by atoms with Crippen molar-refractivity contribution >= 4 is 17.8 Å². The highest BCUT2D eigenvalue weighted by atomic mass is 16.4. The molecule has 1 saturated heterocycles. The molecule has 0 bridgehead atoms. The van der Waals surface area contributed by atoms with Crippen LogP contribution in [0.1, 0.15) is 27.7 Å². The molecule has 1 N–H and O–H groups in total. The van der Waals surface area contributed by atoms with Crippen LogP contribution >= 0.6 is 0 Å². The second kappa shape index (κ2) is 5.31. The van der Waals surface area contributed by atoms with Gasteiger partial charge in [-0.05, 0) is 5.41 Å². The van der Waals surface area contributed by atoms with Crippen LogP contribution in [0.25, 0.3) is 0 Å². The number of carbonyl (C=O) groups excluding carboxylic acids is 2. The van der Waals surface area contributed by atoms with E-state index in [1.807, 2.05) is 27.7 Å². The standard InChI is InChI=1S/C15H24N2O4/c1-9(2)12(18)16-5-7-17(8-6-16)13(19)10-11(14(20)21)15(10,3)4/h9-11H,5-8H2,1-4H3,(H,20,21)/t10-,11+/m1/s1. The molecule has 2 atom stereocenters. The van der Waals surface area contributed by atoms with Crippen LogP contribution < -0.4 is 0 Å². The zero-order valence-corrected chi connectivity index (χ0v) is 13.1. The second-order valence-corrected chi connectivity index (χ2v) is 6.92. The first-order chi connectivity index (χ1) is 9.67. The fourth-order valence-electron chi connectivity index (χ4n) is 3.27. The maximum Gasteiger partial charge on any atom is 0.307 e. The first-order valence-corrected chi connectivity index (χ1v) is 7.48. The number of amides is 2. The summed E-state index contributed by atoms with van der Waals surface area (Å²) in [6, 6.07) is 0. The first kappa shape index (κ1) is 15.8. The van der Waals surface area contributed by atoms with Crippen LogP contribution in [0.3, 0.4) is 0 Å². The molecule has 6 heteroatoms. The van der Waals surface area contributed by atoms with E-state index in [0.29, 0.717) is 26.2 Å². The zero-order chi connectivity index (χ0) is 15.9. The molecule has 0 aromatic rings. The molecular formula is C15H24N2O4. The predicted molar refractivity (Wildman–Crippen MR) is 76.4 cm³/mol. The molecule has 2 fully saturated rings. The Morgan fingerprint density at radius 3 is 1.86 bits per heavy atom. The monoisotopic (exact) mass is 296 g/mol. The fraction of sp³-hybridized carbons (Fsp3) is 0.800. The minimum atomic E-state index is -0.896. The minimum absolute atomic E-state index is 0.0361. The molecule has 0 unspecified atom stereocenters. The smallest absolute Gasteiger partial charge is 0.307 e. The van der Waals surface area contributed by atoms with E-state index in [1.165, 1.54) is 0 Å².